The molecule has 2 atom stereocenters. The number of hydrogen-bond acceptors (Lipinski definition) is 6. The molecule has 0 amide bonds. The minimum atomic E-state index is -0.372. The molecule has 0 spiro atoms. The molecule has 0 saturated heterocycles. The molecule has 0 radical (unpaired) electrons. The van der Waals surface area contributed by atoms with Gasteiger partial charge in [-0.15, -0.1) is 11.3 Å². The van der Waals surface area contributed by atoms with E-state index in [1.807, 2.05) is 30.6 Å². The fourth-order valence-electron chi connectivity index (χ4n) is 3.52. The van der Waals surface area contributed by atoms with Crippen LogP contribution in [0.4, 0.5) is 0 Å². The van der Waals surface area contributed by atoms with E-state index in [4.69, 9.17) is 14.2 Å². The molecule has 2 heterocycles. The Hall–Kier alpha value is -2.05. The molecular formula is C19H23NO4S. The van der Waals surface area contributed by atoms with Crippen LogP contribution in [-0.4, -0.2) is 51.8 Å². The van der Waals surface area contributed by atoms with E-state index in [-0.39, 0.29) is 17.9 Å². The molecular weight excluding hydrogens is 338 g/mol. The Labute approximate surface area is 152 Å². The number of likely N-dealkylation sites (N-methyl/N-ethyl adjacent to an activating group) is 1. The average Bonchev–Trinajstić information content (AvgIpc) is 3.12. The van der Waals surface area contributed by atoms with Crippen LogP contribution in [0.3, 0.4) is 0 Å². The standard InChI is InChI=1S/C19H23NO4S/c1-20-8-7-12-10-14(22-2)15(23-3)11-13(12)17(16-6-5-9-25-16)18(20)19(21)24-4/h5-6,9-11,17-18H,7-8H2,1-4H3/t17-,18+/m0/s1. The summed E-state index contributed by atoms with van der Waals surface area (Å²) in [6, 6.07) is 7.75. The number of methoxy groups -OCH3 is 3. The maximum Gasteiger partial charge on any atom is 0.324 e. The van der Waals surface area contributed by atoms with Crippen LogP contribution in [0, 0.1) is 0 Å². The van der Waals surface area contributed by atoms with E-state index in [0.717, 1.165) is 23.4 Å². The summed E-state index contributed by atoms with van der Waals surface area (Å²) in [4.78, 5) is 15.8. The fraction of sp³-hybridized carbons (Fsp3) is 0.421. The molecule has 0 aliphatic carbocycles. The van der Waals surface area contributed by atoms with Gasteiger partial charge in [-0.1, -0.05) is 6.07 Å². The average molecular weight is 361 g/mol. The van der Waals surface area contributed by atoms with E-state index in [1.165, 1.54) is 12.7 Å². The largest absolute Gasteiger partial charge is 0.493 e. The van der Waals surface area contributed by atoms with Gasteiger partial charge in [-0.2, -0.15) is 0 Å². The quantitative estimate of drug-likeness (QED) is 0.784. The van der Waals surface area contributed by atoms with Crippen molar-refractivity contribution in [3.05, 3.63) is 45.6 Å². The molecule has 134 valence electrons. The van der Waals surface area contributed by atoms with Gasteiger partial charge in [0.25, 0.3) is 0 Å². The third kappa shape index (κ3) is 3.24. The number of benzene rings is 1. The summed E-state index contributed by atoms with van der Waals surface area (Å²) in [5, 5.41) is 2.04. The lowest BCUT2D eigenvalue weighted by Crippen LogP contribution is -2.43. The zero-order valence-electron chi connectivity index (χ0n) is 14.9. The summed E-state index contributed by atoms with van der Waals surface area (Å²) < 4.78 is 16.1. The molecule has 1 aliphatic rings. The Morgan fingerprint density at radius 1 is 1.20 bits per heavy atom. The first-order chi connectivity index (χ1) is 12.1. The normalized spacial score (nSPS) is 20.5. The monoisotopic (exact) mass is 361 g/mol. The third-order valence-electron chi connectivity index (χ3n) is 4.80. The van der Waals surface area contributed by atoms with E-state index in [9.17, 15) is 4.79 Å². The minimum absolute atomic E-state index is 0.102. The Bertz CT molecular complexity index is 744. The molecule has 0 unspecified atom stereocenters. The maximum atomic E-state index is 12.6. The molecule has 0 saturated carbocycles. The van der Waals surface area contributed by atoms with Gasteiger partial charge >= 0.3 is 5.97 Å². The van der Waals surface area contributed by atoms with Gasteiger partial charge in [0.15, 0.2) is 11.5 Å². The summed E-state index contributed by atoms with van der Waals surface area (Å²) >= 11 is 1.65. The van der Waals surface area contributed by atoms with Crippen LogP contribution in [0.2, 0.25) is 0 Å². The second kappa shape index (κ2) is 7.45. The molecule has 25 heavy (non-hydrogen) atoms. The SMILES string of the molecule is COC(=O)[C@H]1[C@H](c2cccs2)c2cc(OC)c(OC)cc2CCN1C. The second-order valence-electron chi connectivity index (χ2n) is 6.10. The topological polar surface area (TPSA) is 48.0 Å². The van der Waals surface area contributed by atoms with Crippen molar-refractivity contribution in [2.24, 2.45) is 0 Å². The molecule has 0 N–H and O–H groups in total. The summed E-state index contributed by atoms with van der Waals surface area (Å²) in [7, 11) is 6.69. The van der Waals surface area contributed by atoms with Gasteiger partial charge in [0.2, 0.25) is 0 Å². The van der Waals surface area contributed by atoms with Crippen LogP contribution in [-0.2, 0) is 16.0 Å². The van der Waals surface area contributed by atoms with Gasteiger partial charge in [0.1, 0.15) is 6.04 Å². The number of nitrogens with zero attached hydrogens (tertiary/aromatic N) is 1. The fourth-order valence-corrected chi connectivity index (χ4v) is 4.39. The number of esters is 1. The van der Waals surface area contributed by atoms with E-state index >= 15 is 0 Å². The van der Waals surface area contributed by atoms with Crippen molar-refractivity contribution in [3.63, 3.8) is 0 Å². The lowest BCUT2D eigenvalue weighted by atomic mass is 9.86. The highest BCUT2D eigenvalue weighted by molar-refractivity contribution is 7.10. The molecule has 5 nitrogen and oxygen atoms in total. The summed E-state index contributed by atoms with van der Waals surface area (Å²) in [6.07, 6.45) is 0.835. The first-order valence-corrected chi connectivity index (χ1v) is 9.05. The number of fused-ring (bicyclic) bond motifs is 1. The molecule has 3 rings (SSSR count). The van der Waals surface area contributed by atoms with Crippen LogP contribution in [0.1, 0.15) is 21.9 Å². The van der Waals surface area contributed by atoms with Crippen LogP contribution < -0.4 is 9.47 Å². The predicted molar refractivity (Wildman–Crippen MR) is 97.8 cm³/mol. The van der Waals surface area contributed by atoms with E-state index in [0.29, 0.717) is 11.5 Å². The lowest BCUT2D eigenvalue weighted by molar-refractivity contribution is -0.146. The third-order valence-corrected chi connectivity index (χ3v) is 5.75. The van der Waals surface area contributed by atoms with E-state index in [2.05, 4.69) is 11.0 Å². The van der Waals surface area contributed by atoms with Gasteiger partial charge in [0, 0.05) is 17.3 Å². The second-order valence-corrected chi connectivity index (χ2v) is 7.08. The van der Waals surface area contributed by atoms with E-state index in [1.54, 1.807) is 25.6 Å². The smallest absolute Gasteiger partial charge is 0.324 e. The van der Waals surface area contributed by atoms with Crippen molar-refractivity contribution in [1.82, 2.24) is 4.90 Å². The zero-order valence-corrected chi connectivity index (χ0v) is 15.8. The number of thiophene rings is 1. The first-order valence-electron chi connectivity index (χ1n) is 8.17. The van der Waals surface area contributed by atoms with Crippen molar-refractivity contribution >= 4 is 17.3 Å². The van der Waals surface area contributed by atoms with Crippen molar-refractivity contribution in [3.8, 4) is 11.5 Å². The molecule has 0 fully saturated rings. The van der Waals surface area contributed by atoms with Crippen LogP contribution >= 0.6 is 11.3 Å². The molecule has 2 aromatic rings. The van der Waals surface area contributed by atoms with Crippen molar-refractivity contribution in [2.45, 2.75) is 18.4 Å². The first kappa shape index (κ1) is 17.8. The van der Waals surface area contributed by atoms with E-state index < -0.39 is 0 Å². The molecule has 0 bridgehead atoms. The summed E-state index contributed by atoms with van der Waals surface area (Å²) in [5.74, 6) is 1.07. The predicted octanol–water partition coefficient (Wildman–Crippen LogP) is 2.93. The highest BCUT2D eigenvalue weighted by Crippen LogP contribution is 2.42. The number of carbonyl (C=O) groups is 1. The summed E-state index contributed by atoms with van der Waals surface area (Å²) in [6.45, 7) is 0.768. The van der Waals surface area contributed by atoms with Crippen molar-refractivity contribution < 1.29 is 19.0 Å². The molecule has 6 heteroatoms. The van der Waals surface area contributed by atoms with Gasteiger partial charge in [-0.25, -0.2) is 0 Å². The minimum Gasteiger partial charge on any atom is -0.493 e. The highest BCUT2D eigenvalue weighted by Gasteiger charge is 2.39. The molecule has 1 aliphatic heterocycles. The van der Waals surface area contributed by atoms with Gasteiger partial charge in [-0.3, -0.25) is 9.69 Å². The number of rotatable bonds is 4. The summed E-state index contributed by atoms with van der Waals surface area (Å²) in [5.41, 5.74) is 2.27. The lowest BCUT2D eigenvalue weighted by Gasteiger charge is -2.30. The molecule has 1 aromatic carbocycles. The van der Waals surface area contributed by atoms with Crippen LogP contribution in [0.15, 0.2) is 29.6 Å². The van der Waals surface area contributed by atoms with Crippen molar-refractivity contribution in [2.75, 3.05) is 34.9 Å². The Morgan fingerprint density at radius 2 is 1.92 bits per heavy atom. The van der Waals surface area contributed by atoms with Gasteiger partial charge in [0.05, 0.1) is 21.3 Å². The number of ether oxygens (including phenoxy) is 3. The number of carbonyl (C=O) groups excluding carboxylic acids is 1. The van der Waals surface area contributed by atoms with Gasteiger partial charge in [-0.05, 0) is 48.2 Å². The Morgan fingerprint density at radius 3 is 2.52 bits per heavy atom. The highest BCUT2D eigenvalue weighted by atomic mass is 32.1. The van der Waals surface area contributed by atoms with Crippen molar-refractivity contribution in [1.29, 1.82) is 0 Å². The zero-order chi connectivity index (χ0) is 18.0. The maximum absolute atomic E-state index is 12.6. The Kier molecular flexibility index (Phi) is 5.30. The van der Waals surface area contributed by atoms with Crippen LogP contribution in [0.5, 0.6) is 11.5 Å². The van der Waals surface area contributed by atoms with Crippen LogP contribution in [0.25, 0.3) is 0 Å². The molecule has 1 aromatic heterocycles. The van der Waals surface area contributed by atoms with Gasteiger partial charge < -0.3 is 14.2 Å². The Balaban J connectivity index is 2.21. The number of hydrogen-bond donors (Lipinski definition) is 0.